The maximum Gasteiger partial charge on any atom is 0.414 e. The molecule has 0 bridgehead atoms. The van der Waals surface area contributed by atoms with Gasteiger partial charge in [0, 0.05) is 12.6 Å². The molecule has 4 unspecified atom stereocenters. The Morgan fingerprint density at radius 2 is 1.95 bits per heavy atom. The Labute approximate surface area is 112 Å². The molecule has 1 aliphatic carbocycles. The van der Waals surface area contributed by atoms with Crippen molar-refractivity contribution < 1.29 is 22.6 Å². The molecule has 0 aromatic carbocycles. The number of hydrogen-bond donors (Lipinski definition) is 1. The Balaban J connectivity index is 2.45. The van der Waals surface area contributed by atoms with E-state index in [4.69, 9.17) is 9.47 Å². The van der Waals surface area contributed by atoms with Crippen molar-refractivity contribution in [3.63, 3.8) is 0 Å². The van der Waals surface area contributed by atoms with E-state index in [-0.39, 0.29) is 12.1 Å². The molecule has 0 saturated heterocycles. The van der Waals surface area contributed by atoms with Gasteiger partial charge in [0.05, 0.1) is 12.2 Å². The fraction of sp³-hybridized carbons (Fsp3) is 1.00. The minimum atomic E-state index is -4.31. The lowest BCUT2D eigenvalue weighted by atomic mass is 9.85. The van der Waals surface area contributed by atoms with Crippen LogP contribution in [0.5, 0.6) is 0 Å². The zero-order valence-electron chi connectivity index (χ0n) is 11.8. The fourth-order valence-corrected chi connectivity index (χ4v) is 2.06. The first-order chi connectivity index (χ1) is 8.90. The standard InChI is InChI=1S/C13H24F3NO2/c1-4-6-17-10-8-11(12(10)18-7-5-2)19-9(3)13(14,15)16/h9-12,17H,4-8H2,1-3H3. The Bertz CT molecular complexity index is 261. The van der Waals surface area contributed by atoms with Crippen LogP contribution in [0, 0.1) is 0 Å². The quantitative estimate of drug-likeness (QED) is 0.743. The number of nitrogens with one attached hydrogen (secondary N) is 1. The van der Waals surface area contributed by atoms with Crippen molar-refractivity contribution in [3.05, 3.63) is 0 Å². The molecule has 6 heteroatoms. The van der Waals surface area contributed by atoms with E-state index < -0.39 is 18.4 Å². The minimum Gasteiger partial charge on any atom is -0.374 e. The van der Waals surface area contributed by atoms with Crippen molar-refractivity contribution in [1.29, 1.82) is 0 Å². The third-order valence-electron chi connectivity index (χ3n) is 3.26. The van der Waals surface area contributed by atoms with Crippen LogP contribution in [-0.2, 0) is 9.47 Å². The van der Waals surface area contributed by atoms with Crippen molar-refractivity contribution in [3.8, 4) is 0 Å². The predicted molar refractivity (Wildman–Crippen MR) is 67.1 cm³/mol. The van der Waals surface area contributed by atoms with Crippen LogP contribution < -0.4 is 5.32 Å². The van der Waals surface area contributed by atoms with Gasteiger partial charge in [0.1, 0.15) is 0 Å². The third kappa shape index (κ3) is 4.93. The average molecular weight is 283 g/mol. The normalized spacial score (nSPS) is 29.1. The van der Waals surface area contributed by atoms with Gasteiger partial charge in [-0.05, 0) is 32.7 Å². The average Bonchev–Trinajstić information content (AvgIpc) is 2.31. The van der Waals surface area contributed by atoms with E-state index >= 15 is 0 Å². The molecular weight excluding hydrogens is 259 g/mol. The molecular formula is C13H24F3NO2. The summed E-state index contributed by atoms with van der Waals surface area (Å²) in [5, 5.41) is 3.28. The largest absolute Gasteiger partial charge is 0.414 e. The molecule has 1 N–H and O–H groups in total. The lowest BCUT2D eigenvalue weighted by molar-refractivity contribution is -0.257. The molecule has 1 fully saturated rings. The molecule has 0 aliphatic heterocycles. The Morgan fingerprint density at radius 1 is 1.26 bits per heavy atom. The molecule has 1 aliphatic rings. The lowest BCUT2D eigenvalue weighted by Gasteiger charge is -2.45. The minimum absolute atomic E-state index is 0.108. The molecule has 0 radical (unpaired) electrons. The predicted octanol–water partition coefficient (Wildman–Crippen LogP) is 2.89. The first kappa shape index (κ1) is 16.7. The summed E-state index contributed by atoms with van der Waals surface area (Å²) in [6, 6.07) is 0.108. The Hall–Kier alpha value is -0.330. The van der Waals surface area contributed by atoms with Crippen LogP contribution in [0.1, 0.15) is 40.0 Å². The highest BCUT2D eigenvalue weighted by molar-refractivity contribution is 4.97. The summed E-state index contributed by atoms with van der Waals surface area (Å²) in [7, 11) is 0. The smallest absolute Gasteiger partial charge is 0.374 e. The topological polar surface area (TPSA) is 30.5 Å². The number of ether oxygens (including phenoxy) is 2. The Morgan fingerprint density at radius 3 is 2.47 bits per heavy atom. The molecule has 0 aromatic heterocycles. The number of alkyl halides is 3. The van der Waals surface area contributed by atoms with Crippen molar-refractivity contribution >= 4 is 0 Å². The molecule has 3 nitrogen and oxygen atoms in total. The first-order valence-corrected chi connectivity index (χ1v) is 6.97. The van der Waals surface area contributed by atoms with Gasteiger partial charge in [-0.2, -0.15) is 13.2 Å². The van der Waals surface area contributed by atoms with Crippen molar-refractivity contribution in [2.75, 3.05) is 13.2 Å². The van der Waals surface area contributed by atoms with Crippen LogP contribution in [0.4, 0.5) is 13.2 Å². The van der Waals surface area contributed by atoms with Gasteiger partial charge in [-0.3, -0.25) is 0 Å². The Kier molecular flexibility index (Phi) is 6.56. The SMILES string of the molecule is CCCNC1CC(OC(C)C(F)(F)F)C1OCCC. The number of rotatable bonds is 8. The van der Waals surface area contributed by atoms with Gasteiger partial charge >= 0.3 is 6.18 Å². The summed E-state index contributed by atoms with van der Waals surface area (Å²) in [5.74, 6) is 0. The molecule has 0 amide bonds. The van der Waals surface area contributed by atoms with Crippen LogP contribution in [0.2, 0.25) is 0 Å². The second kappa shape index (κ2) is 7.45. The van der Waals surface area contributed by atoms with Crippen LogP contribution in [0.3, 0.4) is 0 Å². The maximum atomic E-state index is 12.5. The van der Waals surface area contributed by atoms with E-state index in [9.17, 15) is 13.2 Å². The summed E-state index contributed by atoms with van der Waals surface area (Å²) in [4.78, 5) is 0. The zero-order chi connectivity index (χ0) is 14.5. The highest BCUT2D eigenvalue weighted by Gasteiger charge is 2.47. The van der Waals surface area contributed by atoms with E-state index in [0.717, 1.165) is 26.3 Å². The van der Waals surface area contributed by atoms with Gasteiger partial charge in [-0.25, -0.2) is 0 Å². The number of hydrogen-bond acceptors (Lipinski definition) is 3. The van der Waals surface area contributed by atoms with Crippen LogP contribution >= 0.6 is 0 Å². The monoisotopic (exact) mass is 283 g/mol. The first-order valence-electron chi connectivity index (χ1n) is 6.97. The summed E-state index contributed by atoms with van der Waals surface area (Å²) in [5.41, 5.74) is 0. The van der Waals surface area contributed by atoms with Gasteiger partial charge < -0.3 is 14.8 Å². The molecule has 0 heterocycles. The number of halogens is 3. The molecule has 19 heavy (non-hydrogen) atoms. The molecule has 114 valence electrons. The summed E-state index contributed by atoms with van der Waals surface area (Å²) >= 11 is 0. The third-order valence-corrected chi connectivity index (χ3v) is 3.26. The van der Waals surface area contributed by atoms with Crippen LogP contribution in [-0.4, -0.2) is 43.7 Å². The van der Waals surface area contributed by atoms with Crippen LogP contribution in [0.15, 0.2) is 0 Å². The highest BCUT2D eigenvalue weighted by Crippen LogP contribution is 2.32. The van der Waals surface area contributed by atoms with Gasteiger partial charge in [0.15, 0.2) is 6.10 Å². The van der Waals surface area contributed by atoms with E-state index in [2.05, 4.69) is 5.32 Å². The van der Waals surface area contributed by atoms with E-state index in [1.807, 2.05) is 13.8 Å². The highest BCUT2D eigenvalue weighted by atomic mass is 19.4. The van der Waals surface area contributed by atoms with Gasteiger partial charge in [0.2, 0.25) is 0 Å². The zero-order valence-corrected chi connectivity index (χ0v) is 11.8. The molecule has 0 spiro atoms. The fourth-order valence-electron chi connectivity index (χ4n) is 2.06. The van der Waals surface area contributed by atoms with Crippen LogP contribution in [0.25, 0.3) is 0 Å². The van der Waals surface area contributed by atoms with E-state index in [1.165, 1.54) is 0 Å². The van der Waals surface area contributed by atoms with Crippen molar-refractivity contribution in [2.45, 2.75) is 70.6 Å². The summed E-state index contributed by atoms with van der Waals surface area (Å²) in [6.45, 7) is 6.46. The van der Waals surface area contributed by atoms with E-state index in [0.29, 0.717) is 13.0 Å². The van der Waals surface area contributed by atoms with Gasteiger partial charge in [0.25, 0.3) is 0 Å². The van der Waals surface area contributed by atoms with Gasteiger partial charge in [-0.1, -0.05) is 13.8 Å². The maximum absolute atomic E-state index is 12.5. The molecule has 0 aromatic rings. The summed E-state index contributed by atoms with van der Waals surface area (Å²) in [6.07, 6.45) is -4.36. The van der Waals surface area contributed by atoms with Crippen molar-refractivity contribution in [1.82, 2.24) is 5.32 Å². The lowest BCUT2D eigenvalue weighted by Crippen LogP contribution is -2.61. The molecule has 1 saturated carbocycles. The molecule has 4 atom stereocenters. The van der Waals surface area contributed by atoms with E-state index in [1.54, 1.807) is 0 Å². The molecule has 1 rings (SSSR count). The second-order valence-corrected chi connectivity index (χ2v) is 4.99. The summed E-state index contributed by atoms with van der Waals surface area (Å²) < 4.78 is 48.1. The van der Waals surface area contributed by atoms with Crippen molar-refractivity contribution in [2.24, 2.45) is 0 Å². The second-order valence-electron chi connectivity index (χ2n) is 4.99. The van der Waals surface area contributed by atoms with Gasteiger partial charge in [-0.15, -0.1) is 0 Å².